The third kappa shape index (κ3) is 2.07. The van der Waals surface area contributed by atoms with Crippen molar-refractivity contribution in [2.75, 3.05) is 5.73 Å². The first kappa shape index (κ1) is 10.4. The van der Waals surface area contributed by atoms with Crippen LogP contribution >= 0.6 is 0 Å². The molecule has 90 valence electrons. The van der Waals surface area contributed by atoms with Gasteiger partial charge in [-0.15, -0.1) is 0 Å². The first-order valence-corrected chi connectivity index (χ1v) is 6.22. The van der Waals surface area contributed by atoms with E-state index < -0.39 is 0 Å². The van der Waals surface area contributed by atoms with Gasteiger partial charge in [0.05, 0.1) is 23.5 Å². The van der Waals surface area contributed by atoms with Gasteiger partial charge in [0.1, 0.15) is 5.75 Å². The van der Waals surface area contributed by atoms with Crippen molar-refractivity contribution in [1.29, 1.82) is 0 Å². The van der Waals surface area contributed by atoms with Crippen molar-refractivity contribution >= 4 is 16.6 Å². The molecule has 0 unspecified atom stereocenters. The summed E-state index contributed by atoms with van der Waals surface area (Å²) in [5.41, 5.74) is 7.67. The van der Waals surface area contributed by atoms with Crippen molar-refractivity contribution in [2.24, 2.45) is 0 Å². The highest BCUT2D eigenvalue weighted by atomic mass is 16.5. The number of nitrogens with one attached hydrogen (secondary N) is 1. The topological polar surface area (TPSA) is 63.9 Å². The summed E-state index contributed by atoms with van der Waals surface area (Å²) in [6, 6.07) is 3.86. The molecule has 3 N–H and O–H groups in total. The molecular formula is C13H17N3O. The van der Waals surface area contributed by atoms with Crippen molar-refractivity contribution in [3.05, 3.63) is 18.3 Å². The van der Waals surface area contributed by atoms with Gasteiger partial charge in [0, 0.05) is 11.5 Å². The van der Waals surface area contributed by atoms with Gasteiger partial charge in [-0.25, -0.2) is 0 Å². The maximum absolute atomic E-state index is 6.00. The average molecular weight is 231 g/mol. The monoisotopic (exact) mass is 231 g/mol. The Labute approximate surface area is 100 Å². The summed E-state index contributed by atoms with van der Waals surface area (Å²) in [7, 11) is 0. The number of nitrogens with zero attached hydrogens (tertiary/aromatic N) is 1. The Morgan fingerprint density at radius 3 is 2.88 bits per heavy atom. The number of H-pyrrole nitrogens is 1. The molecule has 1 aliphatic carbocycles. The lowest BCUT2D eigenvalue weighted by atomic mass is 9.98. The van der Waals surface area contributed by atoms with Gasteiger partial charge in [-0.05, 0) is 31.7 Å². The molecule has 0 amide bonds. The Morgan fingerprint density at radius 1 is 1.24 bits per heavy atom. The lowest BCUT2D eigenvalue weighted by Crippen LogP contribution is -2.20. The van der Waals surface area contributed by atoms with E-state index in [0.717, 1.165) is 29.5 Å². The minimum absolute atomic E-state index is 0.325. The molecule has 0 bridgehead atoms. The van der Waals surface area contributed by atoms with Crippen LogP contribution in [0.25, 0.3) is 10.9 Å². The molecule has 2 aromatic rings. The third-order valence-electron chi connectivity index (χ3n) is 3.42. The highest BCUT2D eigenvalue weighted by Gasteiger charge is 2.16. The number of fused-ring (bicyclic) bond motifs is 1. The van der Waals surface area contributed by atoms with Crippen LogP contribution in [0.2, 0.25) is 0 Å². The van der Waals surface area contributed by atoms with E-state index >= 15 is 0 Å². The summed E-state index contributed by atoms with van der Waals surface area (Å²) >= 11 is 0. The summed E-state index contributed by atoms with van der Waals surface area (Å²) in [4.78, 5) is 0. The molecule has 0 atom stereocenters. The molecule has 1 aliphatic rings. The molecule has 3 rings (SSSR count). The van der Waals surface area contributed by atoms with Crippen LogP contribution in [0.3, 0.4) is 0 Å². The standard InChI is InChI=1S/C13H17N3O/c14-11-6-9-8-15-16-12(9)7-13(11)17-10-4-2-1-3-5-10/h6-8,10H,1-5,14H2,(H,15,16). The van der Waals surface area contributed by atoms with Crippen LogP contribution in [0.15, 0.2) is 18.3 Å². The minimum Gasteiger partial charge on any atom is -0.488 e. The molecule has 0 saturated heterocycles. The molecule has 4 heteroatoms. The van der Waals surface area contributed by atoms with E-state index in [9.17, 15) is 0 Å². The summed E-state index contributed by atoms with van der Waals surface area (Å²) in [6.45, 7) is 0. The number of anilines is 1. The van der Waals surface area contributed by atoms with Gasteiger partial charge < -0.3 is 10.5 Å². The van der Waals surface area contributed by atoms with Crippen LogP contribution in [0.4, 0.5) is 5.69 Å². The van der Waals surface area contributed by atoms with Gasteiger partial charge in [0.15, 0.2) is 0 Å². The smallest absolute Gasteiger partial charge is 0.144 e. The maximum Gasteiger partial charge on any atom is 0.144 e. The fraction of sp³-hybridized carbons (Fsp3) is 0.462. The van der Waals surface area contributed by atoms with Gasteiger partial charge in [0.2, 0.25) is 0 Å². The minimum atomic E-state index is 0.325. The second kappa shape index (κ2) is 4.28. The Hall–Kier alpha value is -1.71. The normalized spacial score (nSPS) is 17.4. The maximum atomic E-state index is 6.00. The zero-order valence-electron chi connectivity index (χ0n) is 9.78. The van der Waals surface area contributed by atoms with Crippen LogP contribution in [0.5, 0.6) is 5.75 Å². The predicted octanol–water partition coefficient (Wildman–Crippen LogP) is 2.86. The number of nitrogens with two attached hydrogens (primary N) is 1. The van der Waals surface area contributed by atoms with Crippen molar-refractivity contribution < 1.29 is 4.74 Å². The number of aromatic nitrogens is 2. The van der Waals surface area contributed by atoms with E-state index in [4.69, 9.17) is 10.5 Å². The highest BCUT2D eigenvalue weighted by Crippen LogP contribution is 2.30. The number of hydrogen-bond acceptors (Lipinski definition) is 3. The molecule has 1 aromatic heterocycles. The van der Waals surface area contributed by atoms with E-state index in [1.807, 2.05) is 12.1 Å². The van der Waals surface area contributed by atoms with Crippen LogP contribution in [0.1, 0.15) is 32.1 Å². The molecular weight excluding hydrogens is 214 g/mol. The molecule has 4 nitrogen and oxygen atoms in total. The first-order valence-electron chi connectivity index (χ1n) is 6.22. The Morgan fingerprint density at radius 2 is 2.06 bits per heavy atom. The molecule has 1 saturated carbocycles. The van der Waals surface area contributed by atoms with Crippen molar-refractivity contribution in [2.45, 2.75) is 38.2 Å². The van der Waals surface area contributed by atoms with E-state index in [0.29, 0.717) is 11.8 Å². The molecule has 0 aliphatic heterocycles. The lowest BCUT2D eigenvalue weighted by molar-refractivity contribution is 0.156. The SMILES string of the molecule is Nc1cc2cn[nH]c2cc1OC1CCCCC1. The van der Waals surface area contributed by atoms with Crippen LogP contribution in [0, 0.1) is 0 Å². The average Bonchev–Trinajstić information content (AvgIpc) is 2.78. The quantitative estimate of drug-likeness (QED) is 0.781. The zero-order valence-corrected chi connectivity index (χ0v) is 9.78. The molecule has 1 heterocycles. The van der Waals surface area contributed by atoms with E-state index in [1.165, 1.54) is 19.3 Å². The van der Waals surface area contributed by atoms with Crippen LogP contribution in [-0.4, -0.2) is 16.3 Å². The second-order valence-corrected chi connectivity index (χ2v) is 4.73. The summed E-state index contributed by atoms with van der Waals surface area (Å²) in [6.07, 6.45) is 8.23. The van der Waals surface area contributed by atoms with E-state index in [-0.39, 0.29) is 0 Å². The Bertz CT molecular complexity index is 514. The number of ether oxygens (including phenoxy) is 1. The van der Waals surface area contributed by atoms with Crippen LogP contribution in [-0.2, 0) is 0 Å². The Kier molecular flexibility index (Phi) is 2.63. The molecule has 17 heavy (non-hydrogen) atoms. The molecule has 1 fully saturated rings. The number of benzene rings is 1. The van der Waals surface area contributed by atoms with Gasteiger partial charge in [-0.2, -0.15) is 5.10 Å². The van der Waals surface area contributed by atoms with Crippen molar-refractivity contribution in [3.63, 3.8) is 0 Å². The summed E-state index contributed by atoms with van der Waals surface area (Å²) in [5.74, 6) is 0.786. The van der Waals surface area contributed by atoms with E-state index in [2.05, 4.69) is 10.2 Å². The van der Waals surface area contributed by atoms with Gasteiger partial charge in [-0.1, -0.05) is 6.42 Å². The number of nitrogen functional groups attached to an aromatic ring is 1. The molecule has 1 aromatic carbocycles. The third-order valence-corrected chi connectivity index (χ3v) is 3.42. The zero-order chi connectivity index (χ0) is 11.7. The van der Waals surface area contributed by atoms with Crippen molar-refractivity contribution in [3.8, 4) is 5.75 Å². The highest BCUT2D eigenvalue weighted by molar-refractivity contribution is 5.84. The van der Waals surface area contributed by atoms with E-state index in [1.54, 1.807) is 6.20 Å². The number of aromatic amines is 1. The van der Waals surface area contributed by atoms with Crippen molar-refractivity contribution in [1.82, 2.24) is 10.2 Å². The molecule has 0 spiro atoms. The molecule has 0 radical (unpaired) electrons. The lowest BCUT2D eigenvalue weighted by Gasteiger charge is -2.23. The van der Waals surface area contributed by atoms with Gasteiger partial charge in [0.25, 0.3) is 0 Å². The summed E-state index contributed by atoms with van der Waals surface area (Å²) < 4.78 is 5.99. The second-order valence-electron chi connectivity index (χ2n) is 4.73. The fourth-order valence-corrected chi connectivity index (χ4v) is 2.45. The summed E-state index contributed by atoms with van der Waals surface area (Å²) in [5, 5.41) is 7.96. The van der Waals surface area contributed by atoms with Gasteiger partial charge >= 0.3 is 0 Å². The predicted molar refractivity (Wildman–Crippen MR) is 68.0 cm³/mol. The number of rotatable bonds is 2. The van der Waals surface area contributed by atoms with Crippen LogP contribution < -0.4 is 10.5 Å². The fourth-order valence-electron chi connectivity index (χ4n) is 2.45. The first-order chi connectivity index (χ1) is 8.33. The Balaban J connectivity index is 1.85. The van der Waals surface area contributed by atoms with Gasteiger partial charge in [-0.3, -0.25) is 5.10 Å². The largest absolute Gasteiger partial charge is 0.488 e. The number of hydrogen-bond donors (Lipinski definition) is 2.